The number of nitro groups is 1. The molecule has 0 spiro atoms. The Hall–Kier alpha value is -1.16. The van der Waals surface area contributed by atoms with Crippen molar-refractivity contribution in [3.63, 3.8) is 0 Å². The molecule has 0 saturated carbocycles. The zero-order valence-electron chi connectivity index (χ0n) is 7.16. The number of hydrogen-bond donors (Lipinski definition) is 0. The fraction of sp³-hybridized carbons (Fsp3) is 0.375. The summed E-state index contributed by atoms with van der Waals surface area (Å²) in [6.45, 7) is 1.76. The summed E-state index contributed by atoms with van der Waals surface area (Å²) in [7, 11) is 0. The van der Waals surface area contributed by atoms with Crippen LogP contribution in [0, 0.1) is 17.0 Å². The van der Waals surface area contributed by atoms with Crippen LogP contribution in [0.15, 0.2) is 12.3 Å². The van der Waals surface area contributed by atoms with Crippen LogP contribution in [0.25, 0.3) is 0 Å². The number of halogens is 1. The average Bonchev–Trinajstić information content (AvgIpc) is 2.07. The van der Waals surface area contributed by atoms with E-state index in [1.54, 1.807) is 6.20 Å². The predicted octanol–water partition coefficient (Wildman–Crippen LogP) is 1.86. The molecule has 0 amide bonds. The third-order valence-electron chi connectivity index (χ3n) is 1.65. The van der Waals surface area contributed by atoms with E-state index in [-0.39, 0.29) is 11.5 Å². The lowest BCUT2D eigenvalue weighted by Gasteiger charge is -2.00. The summed E-state index contributed by atoms with van der Waals surface area (Å²) in [6.07, 6.45) is 1.97. The summed E-state index contributed by atoms with van der Waals surface area (Å²) in [5.41, 5.74) is 1.70. The summed E-state index contributed by atoms with van der Waals surface area (Å²) < 4.78 is 0. The minimum atomic E-state index is -0.343. The van der Waals surface area contributed by atoms with Crippen molar-refractivity contribution >= 4 is 11.6 Å². The normalized spacial score (nSPS) is 10.0. The van der Waals surface area contributed by atoms with Crippen LogP contribution < -0.4 is 0 Å². The summed E-state index contributed by atoms with van der Waals surface area (Å²) in [4.78, 5) is 13.6. The molecule has 0 atom stereocenters. The zero-order chi connectivity index (χ0) is 9.84. The molecular formula is C8H9ClN2O2. The smallest absolute Gasteiger partial charge is 0.207 e. The van der Waals surface area contributed by atoms with E-state index >= 15 is 0 Å². The second-order valence-electron chi connectivity index (χ2n) is 2.76. The van der Waals surface area contributed by atoms with E-state index in [4.69, 9.17) is 11.6 Å². The fourth-order valence-corrected chi connectivity index (χ4v) is 1.08. The van der Waals surface area contributed by atoms with Gasteiger partial charge in [0, 0.05) is 17.5 Å². The highest BCUT2D eigenvalue weighted by Crippen LogP contribution is 2.12. The van der Waals surface area contributed by atoms with Gasteiger partial charge in [0.1, 0.15) is 5.15 Å². The number of rotatable bonds is 3. The first kappa shape index (κ1) is 9.92. The first-order chi connectivity index (χ1) is 6.09. The van der Waals surface area contributed by atoms with Crippen LogP contribution in [0.1, 0.15) is 11.1 Å². The second kappa shape index (κ2) is 4.18. The van der Waals surface area contributed by atoms with Gasteiger partial charge in [-0.1, -0.05) is 17.7 Å². The van der Waals surface area contributed by atoms with Crippen molar-refractivity contribution in [2.45, 2.75) is 13.3 Å². The Kier molecular flexibility index (Phi) is 3.19. The van der Waals surface area contributed by atoms with Crippen molar-refractivity contribution in [1.29, 1.82) is 0 Å². The van der Waals surface area contributed by atoms with Crippen LogP contribution in [-0.2, 0) is 6.42 Å². The molecule has 0 N–H and O–H groups in total. The summed E-state index contributed by atoms with van der Waals surface area (Å²) in [5, 5.41) is 10.5. The average molecular weight is 201 g/mol. The molecule has 0 bridgehead atoms. The van der Waals surface area contributed by atoms with Crippen molar-refractivity contribution in [2.24, 2.45) is 0 Å². The lowest BCUT2D eigenvalue weighted by atomic mass is 10.2. The quantitative estimate of drug-likeness (QED) is 0.425. The maximum Gasteiger partial charge on any atom is 0.207 e. The fourth-order valence-electron chi connectivity index (χ4n) is 0.973. The van der Waals surface area contributed by atoms with Crippen molar-refractivity contribution in [2.75, 3.05) is 6.54 Å². The van der Waals surface area contributed by atoms with Gasteiger partial charge in [-0.15, -0.1) is 0 Å². The number of pyridine rings is 1. The Bertz CT molecular complexity index is 328. The van der Waals surface area contributed by atoms with Crippen molar-refractivity contribution in [3.05, 3.63) is 38.7 Å². The van der Waals surface area contributed by atoms with E-state index in [1.807, 2.05) is 13.0 Å². The van der Waals surface area contributed by atoms with Gasteiger partial charge in [0.2, 0.25) is 6.54 Å². The molecule has 0 aliphatic rings. The van der Waals surface area contributed by atoms with Gasteiger partial charge in [-0.3, -0.25) is 10.1 Å². The van der Waals surface area contributed by atoms with Gasteiger partial charge < -0.3 is 0 Å². The second-order valence-corrected chi connectivity index (χ2v) is 3.12. The highest BCUT2D eigenvalue weighted by molar-refractivity contribution is 6.30. The third-order valence-corrected chi connectivity index (χ3v) is 2.05. The largest absolute Gasteiger partial charge is 0.265 e. The molecular weight excluding hydrogens is 192 g/mol. The molecule has 5 heteroatoms. The van der Waals surface area contributed by atoms with Gasteiger partial charge in [0.25, 0.3) is 0 Å². The monoisotopic (exact) mass is 200 g/mol. The number of hydrogen-bond acceptors (Lipinski definition) is 3. The van der Waals surface area contributed by atoms with Crippen molar-refractivity contribution in [3.8, 4) is 0 Å². The van der Waals surface area contributed by atoms with Gasteiger partial charge in [-0.05, 0) is 18.1 Å². The lowest BCUT2D eigenvalue weighted by molar-refractivity contribution is -0.479. The standard InChI is InChI=1S/C8H9ClN2O2/c1-6-4-7(2-3-11(12)13)5-10-8(6)9/h4-5H,2-3H2,1H3. The SMILES string of the molecule is Cc1cc(CC[N+](=O)[O-])cnc1Cl. The topological polar surface area (TPSA) is 56.0 Å². The highest BCUT2D eigenvalue weighted by Gasteiger charge is 2.02. The van der Waals surface area contributed by atoms with E-state index in [0.717, 1.165) is 11.1 Å². The first-order valence-electron chi connectivity index (χ1n) is 3.82. The Balaban J connectivity index is 2.68. The maximum atomic E-state index is 10.1. The molecule has 0 radical (unpaired) electrons. The molecule has 0 aliphatic heterocycles. The summed E-state index contributed by atoms with van der Waals surface area (Å²) in [6, 6.07) is 1.82. The summed E-state index contributed by atoms with van der Waals surface area (Å²) in [5.74, 6) is 0. The van der Waals surface area contributed by atoms with Crippen molar-refractivity contribution in [1.82, 2.24) is 4.98 Å². The van der Waals surface area contributed by atoms with E-state index < -0.39 is 0 Å². The first-order valence-corrected chi connectivity index (χ1v) is 4.20. The number of aryl methyl sites for hydroxylation is 1. The van der Waals surface area contributed by atoms with Crippen LogP contribution in [-0.4, -0.2) is 16.5 Å². The van der Waals surface area contributed by atoms with Gasteiger partial charge in [-0.25, -0.2) is 4.98 Å². The minimum Gasteiger partial charge on any atom is -0.265 e. The van der Waals surface area contributed by atoms with E-state index in [2.05, 4.69) is 4.98 Å². The molecule has 13 heavy (non-hydrogen) atoms. The number of aromatic nitrogens is 1. The molecule has 0 fully saturated rings. The molecule has 1 aromatic heterocycles. The summed E-state index contributed by atoms with van der Waals surface area (Å²) >= 11 is 5.70. The minimum absolute atomic E-state index is 0.0667. The molecule has 0 aliphatic carbocycles. The Morgan fingerprint density at radius 3 is 2.92 bits per heavy atom. The maximum absolute atomic E-state index is 10.1. The van der Waals surface area contributed by atoms with E-state index in [1.165, 1.54) is 0 Å². The van der Waals surface area contributed by atoms with Crippen LogP contribution in [0.4, 0.5) is 0 Å². The molecule has 1 heterocycles. The Morgan fingerprint density at radius 2 is 2.38 bits per heavy atom. The van der Waals surface area contributed by atoms with E-state index in [9.17, 15) is 10.1 Å². The van der Waals surface area contributed by atoms with Crippen LogP contribution >= 0.6 is 11.6 Å². The van der Waals surface area contributed by atoms with Crippen LogP contribution in [0.5, 0.6) is 0 Å². The molecule has 1 rings (SSSR count). The Labute approximate surface area is 80.7 Å². The molecule has 0 aromatic carbocycles. The lowest BCUT2D eigenvalue weighted by Crippen LogP contribution is -2.04. The third kappa shape index (κ3) is 2.99. The van der Waals surface area contributed by atoms with E-state index in [0.29, 0.717) is 11.6 Å². The van der Waals surface area contributed by atoms with Gasteiger partial charge >= 0.3 is 0 Å². The molecule has 4 nitrogen and oxygen atoms in total. The highest BCUT2D eigenvalue weighted by atomic mass is 35.5. The predicted molar refractivity (Wildman–Crippen MR) is 49.5 cm³/mol. The van der Waals surface area contributed by atoms with Gasteiger partial charge in [0.05, 0.1) is 0 Å². The van der Waals surface area contributed by atoms with Crippen molar-refractivity contribution < 1.29 is 4.92 Å². The molecule has 70 valence electrons. The van der Waals surface area contributed by atoms with Gasteiger partial charge in [-0.2, -0.15) is 0 Å². The molecule has 0 saturated heterocycles. The molecule has 0 unspecified atom stereocenters. The van der Waals surface area contributed by atoms with Crippen LogP contribution in [0.2, 0.25) is 5.15 Å². The van der Waals surface area contributed by atoms with Gasteiger partial charge in [0.15, 0.2) is 0 Å². The van der Waals surface area contributed by atoms with Crippen LogP contribution in [0.3, 0.4) is 0 Å². The molecule has 1 aromatic rings. The zero-order valence-corrected chi connectivity index (χ0v) is 7.91. The number of nitrogens with zero attached hydrogens (tertiary/aromatic N) is 2. The Morgan fingerprint density at radius 1 is 1.69 bits per heavy atom.